The number of carboxylic acid groups (broad SMARTS) is 1. The standard InChI is InChI=1S/C12H15ClN2O3S/c13-10-4-3-9(19-10)12(18)14-8-2-1-5-15(6-8)7-11(16)17/h3-4,8H,1-2,5-7H2,(H,14,18)(H,16,17). The lowest BCUT2D eigenvalue weighted by Crippen LogP contribution is -2.48. The summed E-state index contributed by atoms with van der Waals surface area (Å²) >= 11 is 7.03. The summed E-state index contributed by atoms with van der Waals surface area (Å²) in [6.07, 6.45) is 1.77. The van der Waals surface area contributed by atoms with E-state index in [-0.39, 0.29) is 18.5 Å². The van der Waals surface area contributed by atoms with Gasteiger partial charge in [-0.15, -0.1) is 11.3 Å². The largest absolute Gasteiger partial charge is 0.480 e. The van der Waals surface area contributed by atoms with E-state index in [1.54, 1.807) is 12.1 Å². The summed E-state index contributed by atoms with van der Waals surface area (Å²) in [4.78, 5) is 25.1. The van der Waals surface area contributed by atoms with E-state index >= 15 is 0 Å². The molecule has 1 saturated heterocycles. The molecule has 0 aliphatic carbocycles. The fourth-order valence-corrected chi connectivity index (χ4v) is 3.15. The van der Waals surface area contributed by atoms with Crippen LogP contribution >= 0.6 is 22.9 Å². The highest BCUT2D eigenvalue weighted by molar-refractivity contribution is 7.17. The second-order valence-corrected chi connectivity index (χ2v) is 6.26. The highest BCUT2D eigenvalue weighted by Crippen LogP contribution is 2.21. The van der Waals surface area contributed by atoms with Gasteiger partial charge in [0.05, 0.1) is 15.8 Å². The van der Waals surface area contributed by atoms with Crippen LogP contribution in [0, 0.1) is 0 Å². The third-order valence-corrected chi connectivity index (χ3v) is 4.23. The molecule has 1 aromatic heterocycles. The summed E-state index contributed by atoms with van der Waals surface area (Å²) in [5.41, 5.74) is 0. The Balaban J connectivity index is 1.88. The van der Waals surface area contributed by atoms with Crippen molar-refractivity contribution in [3.05, 3.63) is 21.3 Å². The zero-order valence-electron chi connectivity index (χ0n) is 10.3. The minimum Gasteiger partial charge on any atom is -0.480 e. The minimum absolute atomic E-state index is 0.00137. The van der Waals surface area contributed by atoms with Crippen molar-refractivity contribution in [1.82, 2.24) is 10.2 Å². The smallest absolute Gasteiger partial charge is 0.317 e. The molecule has 0 saturated carbocycles. The molecule has 1 aromatic rings. The van der Waals surface area contributed by atoms with Crippen molar-refractivity contribution < 1.29 is 14.7 Å². The Bertz CT molecular complexity index is 477. The Morgan fingerprint density at radius 2 is 2.32 bits per heavy atom. The SMILES string of the molecule is O=C(O)CN1CCCC(NC(=O)c2ccc(Cl)s2)C1. The van der Waals surface area contributed by atoms with Crippen molar-refractivity contribution in [2.24, 2.45) is 0 Å². The van der Waals surface area contributed by atoms with E-state index in [0.29, 0.717) is 15.8 Å². The highest BCUT2D eigenvalue weighted by Gasteiger charge is 2.23. The molecule has 0 radical (unpaired) electrons. The third-order valence-electron chi connectivity index (χ3n) is 3.00. The van der Waals surface area contributed by atoms with Crippen molar-refractivity contribution in [3.63, 3.8) is 0 Å². The molecule has 1 unspecified atom stereocenters. The van der Waals surface area contributed by atoms with E-state index in [0.717, 1.165) is 19.4 Å². The number of carbonyl (C=O) groups is 2. The third kappa shape index (κ3) is 4.19. The molecule has 2 N–H and O–H groups in total. The Hall–Kier alpha value is -1.11. The predicted octanol–water partition coefficient (Wildman–Crippen LogP) is 1.68. The number of piperidine rings is 1. The molecule has 1 aliphatic rings. The van der Waals surface area contributed by atoms with Crippen LogP contribution in [0.2, 0.25) is 4.34 Å². The normalized spacial score (nSPS) is 20.2. The first-order chi connectivity index (χ1) is 9.04. The van der Waals surface area contributed by atoms with Gasteiger partial charge in [-0.1, -0.05) is 11.6 Å². The molecule has 1 aliphatic heterocycles. The summed E-state index contributed by atoms with van der Waals surface area (Å²) < 4.78 is 0.585. The van der Waals surface area contributed by atoms with Gasteiger partial charge < -0.3 is 10.4 Å². The van der Waals surface area contributed by atoms with Crippen molar-refractivity contribution >= 4 is 34.8 Å². The number of carbonyl (C=O) groups excluding carboxylic acids is 1. The van der Waals surface area contributed by atoms with E-state index in [9.17, 15) is 9.59 Å². The lowest BCUT2D eigenvalue weighted by Gasteiger charge is -2.31. The Kier molecular flexibility index (Phi) is 4.79. The van der Waals surface area contributed by atoms with Crippen molar-refractivity contribution in [1.29, 1.82) is 0 Å². The molecule has 1 fully saturated rings. The summed E-state index contributed by atoms with van der Waals surface area (Å²) in [5, 5.41) is 11.7. The van der Waals surface area contributed by atoms with Crippen LogP contribution in [0.15, 0.2) is 12.1 Å². The average molecular weight is 303 g/mol. The van der Waals surface area contributed by atoms with Crippen molar-refractivity contribution in [3.8, 4) is 0 Å². The van der Waals surface area contributed by atoms with Crippen LogP contribution in [0.25, 0.3) is 0 Å². The molecule has 19 heavy (non-hydrogen) atoms. The number of amides is 1. The van der Waals surface area contributed by atoms with Crippen LogP contribution in [-0.4, -0.2) is 47.6 Å². The first-order valence-electron chi connectivity index (χ1n) is 6.05. The molecular weight excluding hydrogens is 288 g/mol. The van der Waals surface area contributed by atoms with Gasteiger partial charge >= 0.3 is 5.97 Å². The fraction of sp³-hybridized carbons (Fsp3) is 0.500. The number of likely N-dealkylation sites (tertiary alicyclic amines) is 1. The van der Waals surface area contributed by atoms with Gasteiger partial charge in [-0.05, 0) is 31.5 Å². The number of aliphatic carboxylic acids is 1. The number of carboxylic acids is 1. The number of hydrogen-bond acceptors (Lipinski definition) is 4. The highest BCUT2D eigenvalue weighted by atomic mass is 35.5. The Morgan fingerprint density at radius 3 is 2.95 bits per heavy atom. The maximum Gasteiger partial charge on any atom is 0.317 e. The summed E-state index contributed by atoms with van der Waals surface area (Å²) in [5.74, 6) is -0.976. The molecule has 1 amide bonds. The molecule has 2 heterocycles. The predicted molar refractivity (Wildman–Crippen MR) is 73.9 cm³/mol. The molecule has 0 bridgehead atoms. The molecule has 7 heteroatoms. The number of halogens is 1. The molecule has 5 nitrogen and oxygen atoms in total. The van der Waals surface area contributed by atoms with Crippen LogP contribution in [0.5, 0.6) is 0 Å². The minimum atomic E-state index is -0.836. The van der Waals surface area contributed by atoms with Crippen LogP contribution < -0.4 is 5.32 Å². The maximum absolute atomic E-state index is 12.0. The van der Waals surface area contributed by atoms with Gasteiger partial charge in [0.1, 0.15) is 0 Å². The molecular formula is C12H15ClN2O3S. The lowest BCUT2D eigenvalue weighted by molar-refractivity contribution is -0.138. The topological polar surface area (TPSA) is 69.6 Å². The second kappa shape index (κ2) is 6.36. The summed E-state index contributed by atoms with van der Waals surface area (Å²) in [6.45, 7) is 1.37. The van der Waals surface area contributed by atoms with Gasteiger partial charge in [0, 0.05) is 12.6 Å². The Morgan fingerprint density at radius 1 is 1.53 bits per heavy atom. The number of nitrogens with zero attached hydrogens (tertiary/aromatic N) is 1. The van der Waals surface area contributed by atoms with Gasteiger partial charge in [0.2, 0.25) is 0 Å². The summed E-state index contributed by atoms with van der Waals surface area (Å²) in [7, 11) is 0. The summed E-state index contributed by atoms with van der Waals surface area (Å²) in [6, 6.07) is 3.39. The zero-order valence-corrected chi connectivity index (χ0v) is 11.8. The van der Waals surface area contributed by atoms with Crippen LogP contribution in [0.4, 0.5) is 0 Å². The van der Waals surface area contributed by atoms with Crippen molar-refractivity contribution in [2.45, 2.75) is 18.9 Å². The van der Waals surface area contributed by atoms with E-state index in [2.05, 4.69) is 5.32 Å². The monoisotopic (exact) mass is 302 g/mol. The van der Waals surface area contributed by atoms with Gasteiger partial charge in [0.25, 0.3) is 5.91 Å². The quantitative estimate of drug-likeness (QED) is 0.888. The number of hydrogen-bond donors (Lipinski definition) is 2. The van der Waals surface area contributed by atoms with Gasteiger partial charge in [-0.25, -0.2) is 0 Å². The van der Waals surface area contributed by atoms with Gasteiger partial charge in [-0.2, -0.15) is 0 Å². The van der Waals surface area contributed by atoms with Crippen LogP contribution in [0.3, 0.4) is 0 Å². The van der Waals surface area contributed by atoms with Gasteiger partial charge in [-0.3, -0.25) is 14.5 Å². The first kappa shape index (κ1) is 14.3. The number of nitrogens with one attached hydrogen (secondary N) is 1. The van der Waals surface area contributed by atoms with Crippen LogP contribution in [-0.2, 0) is 4.79 Å². The van der Waals surface area contributed by atoms with E-state index in [1.807, 2.05) is 4.90 Å². The zero-order chi connectivity index (χ0) is 13.8. The van der Waals surface area contributed by atoms with Crippen molar-refractivity contribution in [2.75, 3.05) is 19.6 Å². The molecule has 2 rings (SSSR count). The number of rotatable bonds is 4. The first-order valence-corrected chi connectivity index (χ1v) is 7.24. The molecule has 1 atom stereocenters. The van der Waals surface area contributed by atoms with Gasteiger partial charge in [0.15, 0.2) is 0 Å². The van der Waals surface area contributed by atoms with E-state index < -0.39 is 5.97 Å². The molecule has 104 valence electrons. The molecule has 0 aromatic carbocycles. The second-order valence-electron chi connectivity index (χ2n) is 4.55. The lowest BCUT2D eigenvalue weighted by atomic mass is 10.1. The maximum atomic E-state index is 12.0. The fourth-order valence-electron chi connectivity index (χ4n) is 2.20. The Labute approximate surface area is 120 Å². The average Bonchev–Trinajstić information content (AvgIpc) is 2.75. The van der Waals surface area contributed by atoms with E-state index in [1.165, 1.54) is 11.3 Å². The molecule has 0 spiro atoms. The van der Waals surface area contributed by atoms with E-state index in [4.69, 9.17) is 16.7 Å². The number of thiophene rings is 1. The van der Waals surface area contributed by atoms with Crippen LogP contribution in [0.1, 0.15) is 22.5 Å².